The van der Waals surface area contributed by atoms with Crippen molar-refractivity contribution in [3.8, 4) is 0 Å². The van der Waals surface area contributed by atoms with Crippen LogP contribution >= 0.6 is 39.0 Å². The maximum absolute atomic E-state index is 14.8. The summed E-state index contributed by atoms with van der Waals surface area (Å²) < 4.78 is 17.3. The highest BCUT2D eigenvalue weighted by Crippen LogP contribution is 2.50. The molecule has 0 spiro atoms. The average molecular weight is 972 g/mol. The number of oxime groups is 1. The number of carbonyl (C=O) groups is 7. The van der Waals surface area contributed by atoms with E-state index in [0.717, 1.165) is 33.0 Å². The monoisotopic (exact) mass is 970 g/mol. The first kappa shape index (κ1) is 46.9. The Hall–Kier alpha value is -5.58. The lowest BCUT2D eigenvalue weighted by molar-refractivity contribution is -0.179. The molecule has 0 bridgehead atoms. The van der Waals surface area contributed by atoms with E-state index in [4.69, 9.17) is 24.9 Å². The molecule has 0 saturated carbocycles. The van der Waals surface area contributed by atoms with Gasteiger partial charge in [-0.3, -0.25) is 29.5 Å². The van der Waals surface area contributed by atoms with Gasteiger partial charge in [0, 0.05) is 6.54 Å². The van der Waals surface area contributed by atoms with Crippen molar-refractivity contribution in [2.45, 2.75) is 94.6 Å². The summed E-state index contributed by atoms with van der Waals surface area (Å²) >= 11 is 5.15. The molecule has 3 fully saturated rings. The summed E-state index contributed by atoms with van der Waals surface area (Å²) in [6.45, 7) is 12.1. The predicted octanol–water partition coefficient (Wildman–Crippen LogP) is 4.07. The number of β-lactam (4-membered cyclic amide) rings is 1. The highest BCUT2D eigenvalue weighted by Gasteiger charge is 2.67. The minimum atomic E-state index is -1.97. The third kappa shape index (κ3) is 10.3. The number of thiazole rings is 1. The van der Waals surface area contributed by atoms with Crippen molar-refractivity contribution in [1.29, 1.82) is 0 Å². The molecule has 5 amide bonds. The van der Waals surface area contributed by atoms with Crippen LogP contribution in [0.3, 0.4) is 0 Å². The molecule has 19 nitrogen and oxygen atoms in total. The minimum absolute atomic E-state index is 0.000307. The predicted molar refractivity (Wildman–Crippen MR) is 233 cm³/mol. The van der Waals surface area contributed by atoms with Gasteiger partial charge in [-0.1, -0.05) is 88.9 Å². The van der Waals surface area contributed by atoms with Gasteiger partial charge in [0.2, 0.25) is 16.4 Å². The van der Waals surface area contributed by atoms with Gasteiger partial charge in [0.25, 0.3) is 5.91 Å². The molecule has 22 heteroatoms. The molecule has 2 aromatic carbocycles. The second-order valence-corrected chi connectivity index (χ2v) is 20.8. The topological polar surface area (TPSA) is 241 Å². The first-order valence-electron chi connectivity index (χ1n) is 19.6. The number of aromatic nitrogens is 1. The highest BCUT2D eigenvalue weighted by atomic mass is 79.9. The lowest BCUT2D eigenvalue weighted by Crippen LogP contribution is -2.69. The smallest absolute Gasteiger partial charge is 0.413 e. The lowest BCUT2D eigenvalue weighted by atomic mass is 10.0. The number of nitrogens with zero attached hydrogens (tertiary/aromatic N) is 5. The molecule has 3 aliphatic heterocycles. The number of carbonyl (C=O) groups excluding carboxylic acids is 7. The van der Waals surface area contributed by atoms with Crippen molar-refractivity contribution in [3.05, 3.63) is 81.3 Å². The third-order valence-corrected chi connectivity index (χ3v) is 12.7. The number of hydrazine groups is 1. The number of hydrogen-bond donors (Lipinski definition) is 3. The molecule has 0 aliphatic carbocycles. The van der Waals surface area contributed by atoms with Crippen LogP contribution in [0.2, 0.25) is 0 Å². The van der Waals surface area contributed by atoms with E-state index in [1.54, 1.807) is 102 Å². The Bertz CT molecular complexity index is 2290. The Balaban J connectivity index is 1.32. The van der Waals surface area contributed by atoms with Crippen molar-refractivity contribution in [2.24, 2.45) is 11.0 Å². The Morgan fingerprint density at radius 3 is 2.05 bits per heavy atom. The van der Waals surface area contributed by atoms with E-state index in [-0.39, 0.29) is 27.7 Å². The van der Waals surface area contributed by atoms with Crippen LogP contribution in [0.15, 0.2) is 69.6 Å². The molecule has 1 aromatic heterocycles. The summed E-state index contributed by atoms with van der Waals surface area (Å²) in [4.78, 5) is 106. The van der Waals surface area contributed by atoms with Crippen molar-refractivity contribution in [1.82, 2.24) is 25.1 Å². The summed E-state index contributed by atoms with van der Waals surface area (Å²) in [5.41, 5.74) is -2.87. The molecule has 3 atom stereocenters. The van der Waals surface area contributed by atoms with Crippen LogP contribution in [-0.2, 0) is 47.8 Å². The molecule has 3 aliphatic rings. The number of anilines is 1. The molecular weight excluding hydrogens is 925 g/mol. The van der Waals surface area contributed by atoms with Gasteiger partial charge in [0.1, 0.15) is 32.1 Å². The largest absolute Gasteiger partial charge is 0.457 e. The van der Waals surface area contributed by atoms with Crippen LogP contribution in [0.25, 0.3) is 0 Å². The zero-order chi connectivity index (χ0) is 46.2. The maximum atomic E-state index is 14.8. The Morgan fingerprint density at radius 2 is 1.48 bits per heavy atom. The summed E-state index contributed by atoms with van der Waals surface area (Å²) in [6, 6.07) is 16.5. The fraction of sp³-hybridized carbons (Fsp3) is 0.439. The summed E-state index contributed by atoms with van der Waals surface area (Å²) in [5, 5.41) is 8.99. The summed E-state index contributed by atoms with van der Waals surface area (Å²) in [6.07, 6.45) is -1.78. The van der Waals surface area contributed by atoms with Gasteiger partial charge in [-0.15, -0.1) is 0 Å². The molecule has 63 heavy (non-hydrogen) atoms. The second-order valence-electron chi connectivity index (χ2n) is 17.1. The molecule has 4 N–H and O–H groups in total. The van der Waals surface area contributed by atoms with Crippen molar-refractivity contribution in [2.75, 3.05) is 25.0 Å². The van der Waals surface area contributed by atoms with Gasteiger partial charge >= 0.3 is 29.8 Å². The third-order valence-electron chi connectivity index (χ3n) is 9.46. The maximum Gasteiger partial charge on any atom is 0.413 e. The van der Waals surface area contributed by atoms with Crippen molar-refractivity contribution >= 4 is 91.5 Å². The van der Waals surface area contributed by atoms with E-state index in [9.17, 15) is 33.6 Å². The van der Waals surface area contributed by atoms with E-state index in [1.807, 2.05) is 0 Å². The number of nitrogens with two attached hydrogens (primary N) is 1. The summed E-state index contributed by atoms with van der Waals surface area (Å²) in [7, 11) is 0. The van der Waals surface area contributed by atoms with Crippen LogP contribution in [0.5, 0.6) is 0 Å². The van der Waals surface area contributed by atoms with Gasteiger partial charge in [0.15, 0.2) is 16.9 Å². The van der Waals surface area contributed by atoms with Gasteiger partial charge in [-0.05, 0) is 82.4 Å². The zero-order valence-corrected chi connectivity index (χ0v) is 38.8. The van der Waals surface area contributed by atoms with Gasteiger partial charge in [0.05, 0.1) is 13.1 Å². The van der Waals surface area contributed by atoms with Crippen molar-refractivity contribution in [3.63, 3.8) is 0 Å². The normalized spacial score (nSPS) is 20.5. The summed E-state index contributed by atoms with van der Waals surface area (Å²) in [5.74, 6) is 0.305. The number of hydrogen-bond acceptors (Lipinski definition) is 16. The molecule has 0 radical (unpaired) electrons. The minimum Gasteiger partial charge on any atom is -0.457 e. The Morgan fingerprint density at radius 1 is 0.889 bits per heavy atom. The fourth-order valence-electron chi connectivity index (χ4n) is 6.47. The molecule has 4 heterocycles. The molecule has 3 aromatic rings. The number of ether oxygens (including phenoxy) is 3. The van der Waals surface area contributed by atoms with E-state index in [2.05, 4.69) is 36.7 Å². The lowest BCUT2D eigenvalue weighted by Gasteiger charge is -2.41. The number of amides is 5. The number of benzene rings is 2. The number of thioether (sulfide) groups is 1. The van der Waals surface area contributed by atoms with Gasteiger partial charge < -0.3 is 34.2 Å². The number of fused-ring (bicyclic) bond motifs is 1. The molecule has 336 valence electrons. The Labute approximate surface area is 379 Å². The van der Waals surface area contributed by atoms with Crippen LogP contribution in [0, 0.1) is 0 Å². The number of nitrogens with one attached hydrogen (secondary N) is 2. The number of halogens is 1. The molecule has 6 rings (SSSR count). The second kappa shape index (κ2) is 17.9. The molecule has 3 saturated heterocycles. The molecular formula is C41H47BrN8O11S2. The van der Waals surface area contributed by atoms with Crippen LogP contribution in [0.1, 0.15) is 78.3 Å². The number of piperazine rings is 1. The zero-order valence-electron chi connectivity index (χ0n) is 35.6. The van der Waals surface area contributed by atoms with E-state index < -0.39 is 93.1 Å². The van der Waals surface area contributed by atoms with Gasteiger partial charge in [-0.2, -0.15) is 0 Å². The SMILES string of the molecule is CC(C)(C)OC(=O)Nc1nc(/C(=N/OC(C)(C)C(=O)OC(C)(C)C)C(=O)N[C@@H]2C(=O)N3C[C@@](C(=O)OC(c4ccccc4)c4ccccc4)(N4CCN(N)C(=O)C4=O)S[C@H]23)c(Br)s1. The standard InChI is InChI=1S/C41H47BrN8O11S2/c1-38(2,3)59-34(55)40(7,8)61-47-25(24-28(42)62-36(45-24)46-37(57)60-39(4,5)6)29(51)44-26-30(52)48-21-41(63-33(26)48,49-19-20-50(43)32(54)31(49)53)35(56)58-27(22-15-11-9-12-16-22)23-17-13-10-14-18-23/h9-18,26-27,33H,19-21,43H2,1-8H3,(H,44,51)(H,45,46,57)/b47-25-/t26-,33-,41-/m1/s1. The molecule has 0 unspecified atom stereocenters. The van der Waals surface area contributed by atoms with E-state index in [1.165, 1.54) is 18.7 Å². The number of esters is 2. The van der Waals surface area contributed by atoms with Gasteiger partial charge in [-0.25, -0.2) is 25.2 Å². The van der Waals surface area contributed by atoms with E-state index >= 15 is 0 Å². The van der Waals surface area contributed by atoms with Crippen LogP contribution < -0.4 is 16.5 Å². The fourth-order valence-corrected chi connectivity index (χ4v) is 9.57. The van der Waals surface area contributed by atoms with E-state index in [0.29, 0.717) is 11.1 Å². The first-order chi connectivity index (χ1) is 29.4. The number of rotatable bonds is 12. The van der Waals surface area contributed by atoms with Crippen LogP contribution in [-0.4, -0.2) is 120 Å². The van der Waals surface area contributed by atoms with Crippen molar-refractivity contribution < 1.29 is 52.6 Å². The Kier molecular flexibility index (Phi) is 13.3. The highest BCUT2D eigenvalue weighted by molar-refractivity contribution is 9.11. The first-order valence-corrected chi connectivity index (χ1v) is 22.0. The average Bonchev–Trinajstić information content (AvgIpc) is 3.75. The quantitative estimate of drug-likeness (QED) is 0.0339. The van der Waals surface area contributed by atoms with Crippen LogP contribution in [0.4, 0.5) is 9.93 Å².